The van der Waals surface area contributed by atoms with Crippen LogP contribution < -0.4 is 5.32 Å². The van der Waals surface area contributed by atoms with Crippen LogP contribution in [-0.2, 0) is 6.42 Å². The fourth-order valence-corrected chi connectivity index (χ4v) is 2.22. The fourth-order valence-electron chi connectivity index (χ4n) is 1.62. The highest BCUT2D eigenvalue weighted by atomic mass is 79.9. The largest absolute Gasteiger partial charge is 0.369 e. The molecule has 2 aromatic heterocycles. The molecule has 19 heavy (non-hydrogen) atoms. The molecule has 2 rings (SSSR count). The minimum absolute atomic E-state index is 0.548. The minimum Gasteiger partial charge on any atom is -0.369 e. The van der Waals surface area contributed by atoms with Crippen molar-refractivity contribution in [3.05, 3.63) is 28.1 Å². The normalized spacial score (nSPS) is 10.5. The summed E-state index contributed by atoms with van der Waals surface area (Å²) in [6.07, 6.45) is 4.36. The number of aryl methyl sites for hydroxylation is 2. The van der Waals surface area contributed by atoms with E-state index in [0.717, 1.165) is 34.5 Å². The predicted octanol–water partition coefficient (Wildman–Crippen LogP) is 3.00. The van der Waals surface area contributed by atoms with Crippen molar-refractivity contribution in [2.45, 2.75) is 27.2 Å². The van der Waals surface area contributed by atoms with Crippen LogP contribution in [-0.4, -0.2) is 26.5 Å². The summed E-state index contributed by atoms with van der Waals surface area (Å²) < 4.78 is 0.910. The van der Waals surface area contributed by atoms with Crippen LogP contribution in [0.5, 0.6) is 0 Å². The van der Waals surface area contributed by atoms with Crippen molar-refractivity contribution in [3.8, 4) is 11.6 Å². The van der Waals surface area contributed by atoms with Crippen molar-refractivity contribution in [1.29, 1.82) is 0 Å². The van der Waals surface area contributed by atoms with Gasteiger partial charge in [0, 0.05) is 18.9 Å². The fraction of sp³-hybridized carbons (Fsp3) is 0.385. The zero-order chi connectivity index (χ0) is 13.8. The van der Waals surface area contributed by atoms with Crippen molar-refractivity contribution < 1.29 is 0 Å². The van der Waals surface area contributed by atoms with Gasteiger partial charge in [0.1, 0.15) is 5.82 Å². The molecule has 100 valence electrons. The quantitative estimate of drug-likeness (QED) is 0.937. The molecule has 2 aromatic rings. The predicted molar refractivity (Wildman–Crippen MR) is 79.0 cm³/mol. The Morgan fingerprint density at radius 2 is 1.79 bits per heavy atom. The van der Waals surface area contributed by atoms with E-state index in [9.17, 15) is 0 Å². The third-order valence-corrected chi connectivity index (χ3v) is 3.41. The molecular formula is C13H16BrN5. The van der Waals surface area contributed by atoms with Crippen molar-refractivity contribution in [2.75, 3.05) is 11.9 Å². The average Bonchev–Trinajstić information content (AvgIpc) is 2.42. The summed E-state index contributed by atoms with van der Waals surface area (Å²) in [6, 6.07) is 0. The molecule has 1 N–H and O–H groups in total. The Hall–Kier alpha value is -1.56. The van der Waals surface area contributed by atoms with Crippen molar-refractivity contribution in [2.24, 2.45) is 0 Å². The number of aromatic nitrogens is 4. The van der Waals surface area contributed by atoms with E-state index in [1.165, 1.54) is 0 Å². The molecule has 0 amide bonds. The van der Waals surface area contributed by atoms with Crippen LogP contribution in [0.25, 0.3) is 11.6 Å². The number of nitrogens with zero attached hydrogens (tertiary/aromatic N) is 4. The molecule has 0 aliphatic heterocycles. The van der Waals surface area contributed by atoms with Gasteiger partial charge in [-0.25, -0.2) is 19.9 Å². The van der Waals surface area contributed by atoms with Gasteiger partial charge in [-0.1, -0.05) is 6.92 Å². The smallest absolute Gasteiger partial charge is 0.200 e. The van der Waals surface area contributed by atoms with Crippen LogP contribution in [0.3, 0.4) is 0 Å². The van der Waals surface area contributed by atoms with E-state index in [1.807, 2.05) is 13.8 Å². The van der Waals surface area contributed by atoms with Crippen molar-refractivity contribution in [3.63, 3.8) is 0 Å². The van der Waals surface area contributed by atoms with Gasteiger partial charge in [0.25, 0.3) is 0 Å². The highest BCUT2D eigenvalue weighted by Crippen LogP contribution is 2.26. The van der Waals surface area contributed by atoms with E-state index >= 15 is 0 Å². The second-order valence-corrected chi connectivity index (χ2v) is 4.92. The number of hydrogen-bond acceptors (Lipinski definition) is 5. The topological polar surface area (TPSA) is 63.6 Å². The van der Waals surface area contributed by atoms with Gasteiger partial charge in [-0.2, -0.15) is 0 Å². The molecule has 0 fully saturated rings. The minimum atomic E-state index is 0.548. The maximum absolute atomic E-state index is 4.51. The van der Waals surface area contributed by atoms with Gasteiger partial charge in [-0.15, -0.1) is 0 Å². The SMILES string of the molecule is CCNc1nc(-c2ncc(C)cn2)nc(CC)c1Br. The van der Waals surface area contributed by atoms with E-state index in [0.29, 0.717) is 11.6 Å². The number of hydrogen-bond donors (Lipinski definition) is 1. The first kappa shape index (κ1) is 13.9. The Kier molecular flexibility index (Phi) is 4.42. The van der Waals surface area contributed by atoms with Crippen LogP contribution >= 0.6 is 15.9 Å². The molecule has 0 aliphatic rings. The first-order valence-corrected chi connectivity index (χ1v) is 7.04. The summed E-state index contributed by atoms with van der Waals surface area (Å²) in [5.41, 5.74) is 1.97. The van der Waals surface area contributed by atoms with Gasteiger partial charge < -0.3 is 5.32 Å². The Bertz CT molecular complexity index is 568. The van der Waals surface area contributed by atoms with Crippen LogP contribution in [0.1, 0.15) is 25.1 Å². The standard InChI is InChI=1S/C13H16BrN5/c1-4-9-10(14)11(15-5-2)19-13(18-9)12-16-6-8(3)7-17-12/h6-7H,4-5H2,1-3H3,(H,15,18,19). The van der Waals surface area contributed by atoms with Gasteiger partial charge in [0.2, 0.25) is 0 Å². The lowest BCUT2D eigenvalue weighted by molar-refractivity contribution is 0.964. The Balaban J connectivity index is 2.51. The van der Waals surface area contributed by atoms with Gasteiger partial charge in [0.15, 0.2) is 11.6 Å². The molecule has 0 bridgehead atoms. The third kappa shape index (κ3) is 3.07. The van der Waals surface area contributed by atoms with E-state index in [1.54, 1.807) is 12.4 Å². The zero-order valence-corrected chi connectivity index (χ0v) is 12.8. The molecule has 5 nitrogen and oxygen atoms in total. The molecular weight excluding hydrogens is 306 g/mol. The van der Waals surface area contributed by atoms with Crippen LogP contribution in [0.4, 0.5) is 5.82 Å². The molecule has 0 spiro atoms. The highest BCUT2D eigenvalue weighted by molar-refractivity contribution is 9.10. The number of rotatable bonds is 4. The van der Waals surface area contributed by atoms with Gasteiger partial charge >= 0.3 is 0 Å². The summed E-state index contributed by atoms with van der Waals surface area (Å²) in [4.78, 5) is 17.5. The van der Waals surface area contributed by atoms with Crippen LogP contribution in [0, 0.1) is 6.92 Å². The summed E-state index contributed by atoms with van der Waals surface area (Å²) in [5, 5.41) is 3.22. The number of halogens is 1. The molecule has 2 heterocycles. The molecule has 0 aliphatic carbocycles. The lowest BCUT2D eigenvalue weighted by atomic mass is 10.3. The lowest BCUT2D eigenvalue weighted by Crippen LogP contribution is -2.07. The van der Waals surface area contributed by atoms with Crippen molar-refractivity contribution >= 4 is 21.7 Å². The van der Waals surface area contributed by atoms with Gasteiger partial charge in [-0.05, 0) is 41.8 Å². The third-order valence-electron chi connectivity index (χ3n) is 2.58. The number of nitrogens with one attached hydrogen (secondary N) is 1. The van der Waals surface area contributed by atoms with E-state index in [2.05, 4.69) is 48.1 Å². The second kappa shape index (κ2) is 6.06. The maximum atomic E-state index is 4.51. The Labute approximate surface area is 121 Å². The highest BCUT2D eigenvalue weighted by Gasteiger charge is 2.13. The summed E-state index contributed by atoms with van der Waals surface area (Å²) in [7, 11) is 0. The van der Waals surface area contributed by atoms with E-state index in [4.69, 9.17) is 0 Å². The zero-order valence-electron chi connectivity index (χ0n) is 11.2. The maximum Gasteiger partial charge on any atom is 0.200 e. The molecule has 0 saturated heterocycles. The average molecular weight is 322 g/mol. The first-order chi connectivity index (χ1) is 9.15. The van der Waals surface area contributed by atoms with Gasteiger partial charge in [0.05, 0.1) is 10.2 Å². The summed E-state index contributed by atoms with van der Waals surface area (Å²) in [6.45, 7) is 6.84. The molecule has 0 atom stereocenters. The Morgan fingerprint density at radius 1 is 1.11 bits per heavy atom. The molecule has 0 aromatic carbocycles. The first-order valence-electron chi connectivity index (χ1n) is 6.25. The van der Waals surface area contributed by atoms with Crippen molar-refractivity contribution in [1.82, 2.24) is 19.9 Å². The second-order valence-electron chi connectivity index (χ2n) is 4.12. The monoisotopic (exact) mass is 321 g/mol. The van der Waals surface area contributed by atoms with Crippen LogP contribution in [0.2, 0.25) is 0 Å². The molecule has 0 radical (unpaired) electrons. The van der Waals surface area contributed by atoms with Crippen LogP contribution in [0.15, 0.2) is 16.9 Å². The molecule has 0 saturated carbocycles. The number of anilines is 1. The molecule has 6 heteroatoms. The van der Waals surface area contributed by atoms with Gasteiger partial charge in [-0.3, -0.25) is 0 Å². The van der Waals surface area contributed by atoms with E-state index < -0.39 is 0 Å². The van der Waals surface area contributed by atoms with E-state index in [-0.39, 0.29) is 0 Å². The summed E-state index contributed by atoms with van der Waals surface area (Å²) >= 11 is 3.53. The molecule has 0 unspecified atom stereocenters. The Morgan fingerprint density at radius 3 is 2.37 bits per heavy atom. The summed E-state index contributed by atoms with van der Waals surface area (Å²) in [5.74, 6) is 1.89. The lowest BCUT2D eigenvalue weighted by Gasteiger charge is -2.10.